The van der Waals surface area contributed by atoms with Gasteiger partial charge in [-0.1, -0.05) is 18.2 Å². The molecular weight excluding hydrogens is 366 g/mol. The molecule has 152 valence electrons. The van der Waals surface area contributed by atoms with Crippen molar-refractivity contribution < 1.29 is 14.3 Å². The molecule has 0 aromatic heterocycles. The molecule has 1 saturated heterocycles. The van der Waals surface area contributed by atoms with E-state index in [0.717, 1.165) is 35.8 Å². The van der Waals surface area contributed by atoms with Crippen LogP contribution >= 0.6 is 0 Å². The number of methoxy groups -OCH3 is 1. The Balaban J connectivity index is 1.28. The Morgan fingerprint density at radius 3 is 2.31 bits per heavy atom. The van der Waals surface area contributed by atoms with Crippen molar-refractivity contribution >= 4 is 23.2 Å². The Labute approximate surface area is 171 Å². The van der Waals surface area contributed by atoms with Crippen molar-refractivity contribution in [2.45, 2.75) is 13.3 Å². The Kier molecular flexibility index (Phi) is 5.43. The Morgan fingerprint density at radius 2 is 1.66 bits per heavy atom. The number of amides is 2. The van der Waals surface area contributed by atoms with Crippen LogP contribution in [0.5, 0.6) is 5.75 Å². The number of benzene rings is 2. The molecule has 1 aliphatic heterocycles. The van der Waals surface area contributed by atoms with Crippen LogP contribution in [0.2, 0.25) is 0 Å². The van der Waals surface area contributed by atoms with E-state index in [2.05, 4.69) is 10.2 Å². The summed E-state index contributed by atoms with van der Waals surface area (Å²) in [6, 6.07) is 15.7. The lowest BCUT2D eigenvalue weighted by molar-refractivity contribution is -0.134. The Morgan fingerprint density at radius 1 is 0.966 bits per heavy atom. The topological polar surface area (TPSA) is 61.9 Å². The van der Waals surface area contributed by atoms with Crippen LogP contribution in [0.15, 0.2) is 48.5 Å². The molecule has 2 fully saturated rings. The molecule has 1 heterocycles. The van der Waals surface area contributed by atoms with Crippen LogP contribution in [-0.4, -0.2) is 50.0 Å². The predicted molar refractivity (Wildman–Crippen MR) is 113 cm³/mol. The summed E-state index contributed by atoms with van der Waals surface area (Å²) >= 11 is 0. The molecule has 29 heavy (non-hydrogen) atoms. The van der Waals surface area contributed by atoms with Gasteiger partial charge in [-0.05, 0) is 49.2 Å². The number of carbonyl (C=O) groups excluding carboxylic acids is 2. The number of nitrogens with zero attached hydrogens (tertiary/aromatic N) is 2. The molecule has 2 aliphatic rings. The van der Waals surface area contributed by atoms with Gasteiger partial charge < -0.3 is 19.9 Å². The maximum atomic E-state index is 12.8. The van der Waals surface area contributed by atoms with Crippen LogP contribution < -0.4 is 15.0 Å². The third kappa shape index (κ3) is 4.21. The van der Waals surface area contributed by atoms with Gasteiger partial charge in [0, 0.05) is 37.6 Å². The fraction of sp³-hybridized carbons (Fsp3) is 0.391. The minimum absolute atomic E-state index is 0.0467. The zero-order valence-electron chi connectivity index (χ0n) is 16.9. The van der Waals surface area contributed by atoms with Crippen LogP contribution in [-0.2, 0) is 9.59 Å². The summed E-state index contributed by atoms with van der Waals surface area (Å²) in [5, 5.41) is 2.97. The van der Waals surface area contributed by atoms with Crippen molar-refractivity contribution in [2.75, 3.05) is 43.5 Å². The van der Waals surface area contributed by atoms with Gasteiger partial charge in [-0.3, -0.25) is 9.59 Å². The first kappa shape index (κ1) is 19.3. The zero-order chi connectivity index (χ0) is 20.4. The summed E-state index contributed by atoms with van der Waals surface area (Å²) in [7, 11) is 1.66. The van der Waals surface area contributed by atoms with Crippen LogP contribution in [0, 0.1) is 18.8 Å². The van der Waals surface area contributed by atoms with Gasteiger partial charge in [0.1, 0.15) is 5.75 Å². The van der Waals surface area contributed by atoms with Crippen molar-refractivity contribution in [1.82, 2.24) is 4.90 Å². The van der Waals surface area contributed by atoms with Crippen molar-refractivity contribution in [3.8, 4) is 5.75 Å². The van der Waals surface area contributed by atoms with E-state index >= 15 is 0 Å². The van der Waals surface area contributed by atoms with Gasteiger partial charge in [-0.25, -0.2) is 0 Å². The first-order chi connectivity index (χ1) is 14.1. The van der Waals surface area contributed by atoms with Crippen LogP contribution in [0.25, 0.3) is 0 Å². The Hall–Kier alpha value is -3.02. The number of ether oxygens (including phenoxy) is 1. The minimum Gasteiger partial charge on any atom is -0.497 e. The first-order valence-corrected chi connectivity index (χ1v) is 10.1. The normalized spacial score (nSPS) is 20.9. The smallest absolute Gasteiger partial charge is 0.228 e. The minimum atomic E-state index is -0.207. The highest BCUT2D eigenvalue weighted by Crippen LogP contribution is 2.41. The molecule has 2 atom stereocenters. The third-order valence-corrected chi connectivity index (χ3v) is 5.88. The summed E-state index contributed by atoms with van der Waals surface area (Å²) in [6.45, 7) is 4.93. The van der Waals surface area contributed by atoms with Crippen molar-refractivity contribution in [3.63, 3.8) is 0 Å². The fourth-order valence-electron chi connectivity index (χ4n) is 3.91. The number of aryl methyl sites for hydroxylation is 1. The first-order valence-electron chi connectivity index (χ1n) is 10.1. The number of nitrogens with one attached hydrogen (secondary N) is 1. The molecule has 6 heteroatoms. The largest absolute Gasteiger partial charge is 0.497 e. The second kappa shape index (κ2) is 8.15. The lowest BCUT2D eigenvalue weighted by Gasteiger charge is -2.36. The number of rotatable bonds is 5. The van der Waals surface area contributed by atoms with E-state index in [-0.39, 0.29) is 23.7 Å². The van der Waals surface area contributed by atoms with Gasteiger partial charge in [0.05, 0.1) is 18.9 Å². The van der Waals surface area contributed by atoms with Gasteiger partial charge >= 0.3 is 0 Å². The van der Waals surface area contributed by atoms with E-state index in [1.54, 1.807) is 7.11 Å². The molecule has 6 nitrogen and oxygen atoms in total. The molecule has 2 aromatic rings. The van der Waals surface area contributed by atoms with E-state index < -0.39 is 0 Å². The van der Waals surface area contributed by atoms with E-state index in [1.807, 2.05) is 60.4 Å². The number of hydrogen-bond acceptors (Lipinski definition) is 4. The standard InChI is InChI=1S/C23H27N3O3/c1-16-5-3-4-6-21(16)24-22(27)19-15-20(19)23(28)26-13-11-25(12-14-26)17-7-9-18(29-2)10-8-17/h3-10,19-20H,11-15H2,1-2H3,(H,24,27). The summed E-state index contributed by atoms with van der Waals surface area (Å²) < 4.78 is 5.21. The molecule has 1 aliphatic carbocycles. The van der Waals surface area contributed by atoms with Crippen LogP contribution in [0.4, 0.5) is 11.4 Å². The summed E-state index contributed by atoms with van der Waals surface area (Å²) in [5.41, 5.74) is 2.99. The Bertz CT molecular complexity index is 888. The maximum absolute atomic E-state index is 12.8. The van der Waals surface area contributed by atoms with Crippen molar-refractivity contribution in [1.29, 1.82) is 0 Å². The number of hydrogen-bond donors (Lipinski definition) is 1. The molecule has 0 radical (unpaired) electrons. The zero-order valence-corrected chi connectivity index (χ0v) is 16.9. The molecule has 1 saturated carbocycles. The highest BCUT2D eigenvalue weighted by molar-refractivity contribution is 6.00. The molecule has 1 N–H and O–H groups in total. The fourth-order valence-corrected chi connectivity index (χ4v) is 3.91. The van der Waals surface area contributed by atoms with E-state index in [9.17, 15) is 9.59 Å². The van der Waals surface area contributed by atoms with Gasteiger partial charge in [-0.15, -0.1) is 0 Å². The second-order valence-electron chi connectivity index (χ2n) is 7.76. The second-order valence-corrected chi connectivity index (χ2v) is 7.76. The van der Waals surface area contributed by atoms with Crippen LogP contribution in [0.3, 0.4) is 0 Å². The molecule has 4 rings (SSSR count). The number of piperazine rings is 1. The quantitative estimate of drug-likeness (QED) is 0.849. The lowest BCUT2D eigenvalue weighted by Crippen LogP contribution is -2.49. The third-order valence-electron chi connectivity index (χ3n) is 5.88. The molecule has 0 bridgehead atoms. The van der Waals surface area contributed by atoms with E-state index in [1.165, 1.54) is 0 Å². The molecule has 2 unspecified atom stereocenters. The molecule has 0 spiro atoms. The molecular formula is C23H27N3O3. The summed E-state index contributed by atoms with van der Waals surface area (Å²) in [5.74, 6) is 0.526. The average Bonchev–Trinajstić information content (AvgIpc) is 3.56. The number of para-hydroxylation sites is 1. The van der Waals surface area contributed by atoms with E-state index in [0.29, 0.717) is 19.5 Å². The molecule has 2 amide bonds. The predicted octanol–water partition coefficient (Wildman–Crippen LogP) is 2.93. The lowest BCUT2D eigenvalue weighted by atomic mass is 10.2. The highest BCUT2D eigenvalue weighted by Gasteiger charge is 2.49. The van der Waals surface area contributed by atoms with Crippen molar-refractivity contribution in [2.24, 2.45) is 11.8 Å². The van der Waals surface area contributed by atoms with Gasteiger partial charge in [0.15, 0.2) is 0 Å². The van der Waals surface area contributed by atoms with Gasteiger partial charge in [0.25, 0.3) is 0 Å². The maximum Gasteiger partial charge on any atom is 0.228 e. The average molecular weight is 393 g/mol. The summed E-state index contributed by atoms with van der Waals surface area (Å²) in [4.78, 5) is 29.5. The SMILES string of the molecule is COc1ccc(N2CCN(C(=O)C3CC3C(=O)Nc3ccccc3C)CC2)cc1. The highest BCUT2D eigenvalue weighted by atomic mass is 16.5. The van der Waals surface area contributed by atoms with Crippen LogP contribution in [0.1, 0.15) is 12.0 Å². The monoisotopic (exact) mass is 393 g/mol. The van der Waals surface area contributed by atoms with Gasteiger partial charge in [-0.2, -0.15) is 0 Å². The van der Waals surface area contributed by atoms with Crippen molar-refractivity contribution in [3.05, 3.63) is 54.1 Å². The molecule has 2 aromatic carbocycles. The number of carbonyl (C=O) groups is 2. The summed E-state index contributed by atoms with van der Waals surface area (Å²) in [6.07, 6.45) is 0.648. The van der Waals surface area contributed by atoms with Gasteiger partial charge in [0.2, 0.25) is 11.8 Å². The number of anilines is 2. The van der Waals surface area contributed by atoms with E-state index in [4.69, 9.17) is 4.74 Å².